The van der Waals surface area contributed by atoms with Gasteiger partial charge in [-0.15, -0.1) is 10.8 Å². The predicted molar refractivity (Wildman–Crippen MR) is 56.0 cm³/mol. The van der Waals surface area contributed by atoms with Crippen LogP contribution in [0.4, 0.5) is 0 Å². The Morgan fingerprint density at radius 2 is 2.00 bits per heavy atom. The van der Waals surface area contributed by atoms with Crippen LogP contribution >= 0.6 is 0 Å². The molecule has 1 radical (unpaired) electrons. The number of benzene rings is 2. The first-order chi connectivity index (χ1) is 6.66. The van der Waals surface area contributed by atoms with Crippen molar-refractivity contribution in [3.05, 3.63) is 47.5 Å². The molecule has 2 nitrogen and oxygen atoms in total. The Bertz CT molecular complexity index is 508. The van der Waals surface area contributed by atoms with Crippen molar-refractivity contribution in [3.8, 4) is 0 Å². The average Bonchev–Trinajstić information content (AvgIpc) is 2.16. The number of hydrogen-bond acceptors (Lipinski definition) is 1. The molecule has 1 amide bonds. The minimum absolute atomic E-state index is 0. The number of hydrogen-bond donors (Lipinski definition) is 1. The summed E-state index contributed by atoms with van der Waals surface area (Å²) in [6.45, 7) is 1.99. The number of rotatable bonds is 1. The zero-order valence-electron chi connectivity index (χ0n) is 8.45. The van der Waals surface area contributed by atoms with Gasteiger partial charge in [0.05, 0.1) is 0 Å². The molecule has 0 spiro atoms. The fourth-order valence-corrected chi connectivity index (χ4v) is 1.45. The van der Waals surface area contributed by atoms with Gasteiger partial charge in [-0.3, -0.25) is 4.79 Å². The zero-order valence-corrected chi connectivity index (χ0v) is 11.3. The molecule has 15 heavy (non-hydrogen) atoms. The molecule has 0 aromatic heterocycles. The molecule has 0 saturated carbocycles. The van der Waals surface area contributed by atoms with Gasteiger partial charge in [-0.2, -0.15) is 23.8 Å². The van der Waals surface area contributed by atoms with Gasteiger partial charge in [-0.1, -0.05) is 25.1 Å². The molecule has 2 N–H and O–H groups in total. The van der Waals surface area contributed by atoms with Crippen LogP contribution in [0.15, 0.2) is 30.3 Å². The molecule has 0 aliphatic carbocycles. The fraction of sp³-hybridized carbons (Fsp3) is 0.0833. The Hall–Kier alpha value is -0.726. The Labute approximate surface area is 114 Å². The third-order valence-electron chi connectivity index (χ3n) is 2.20. The van der Waals surface area contributed by atoms with Crippen LogP contribution in [0.5, 0.6) is 0 Å². The number of nitrogens with two attached hydrogens (primary N) is 1. The SMILES string of the molecule is Cc1[c-]cc2cc(C(N)=O)ccc2c1.[Y]. The first-order valence-electron chi connectivity index (χ1n) is 4.39. The molecule has 73 valence electrons. The van der Waals surface area contributed by atoms with E-state index in [0.717, 1.165) is 16.3 Å². The largest absolute Gasteiger partial charge is 0.366 e. The van der Waals surface area contributed by atoms with Crippen LogP contribution in [0.3, 0.4) is 0 Å². The van der Waals surface area contributed by atoms with E-state index in [4.69, 9.17) is 5.73 Å². The van der Waals surface area contributed by atoms with Crippen molar-refractivity contribution in [2.45, 2.75) is 6.92 Å². The summed E-state index contributed by atoms with van der Waals surface area (Å²) in [6.07, 6.45) is 0. The van der Waals surface area contributed by atoms with Crippen molar-refractivity contribution >= 4 is 16.7 Å². The van der Waals surface area contributed by atoms with Gasteiger partial charge in [0.2, 0.25) is 5.91 Å². The molecular weight excluding hydrogens is 263 g/mol. The third-order valence-corrected chi connectivity index (χ3v) is 2.20. The molecule has 2 rings (SSSR count). The molecule has 0 bridgehead atoms. The molecule has 0 saturated heterocycles. The number of carbonyl (C=O) groups is 1. The van der Waals surface area contributed by atoms with E-state index in [1.54, 1.807) is 12.1 Å². The zero-order chi connectivity index (χ0) is 10.1. The maximum Gasteiger partial charge on any atom is 0.247 e. The van der Waals surface area contributed by atoms with E-state index in [1.807, 2.05) is 25.1 Å². The van der Waals surface area contributed by atoms with Crippen molar-refractivity contribution in [1.29, 1.82) is 0 Å². The van der Waals surface area contributed by atoms with Gasteiger partial charge in [0.15, 0.2) is 0 Å². The molecule has 3 heteroatoms. The molecule has 0 aliphatic heterocycles. The molecule has 2 aromatic rings. The summed E-state index contributed by atoms with van der Waals surface area (Å²) in [6, 6.07) is 12.4. The van der Waals surface area contributed by atoms with Crippen molar-refractivity contribution in [2.24, 2.45) is 5.73 Å². The first-order valence-corrected chi connectivity index (χ1v) is 4.39. The topological polar surface area (TPSA) is 43.1 Å². The van der Waals surface area contributed by atoms with Crippen LogP contribution < -0.4 is 5.73 Å². The van der Waals surface area contributed by atoms with Crippen LogP contribution in [0, 0.1) is 13.0 Å². The Morgan fingerprint density at radius 1 is 1.27 bits per heavy atom. The van der Waals surface area contributed by atoms with Gasteiger partial charge in [-0.05, 0) is 0 Å². The van der Waals surface area contributed by atoms with E-state index in [1.165, 1.54) is 0 Å². The Balaban J connectivity index is 0.00000112. The van der Waals surface area contributed by atoms with Crippen molar-refractivity contribution in [2.75, 3.05) is 0 Å². The average molecular weight is 273 g/mol. The molecule has 0 unspecified atom stereocenters. The monoisotopic (exact) mass is 273 g/mol. The van der Waals surface area contributed by atoms with Gasteiger partial charge >= 0.3 is 0 Å². The van der Waals surface area contributed by atoms with E-state index in [9.17, 15) is 4.79 Å². The number of primary amides is 1. The first kappa shape index (κ1) is 12.3. The van der Waals surface area contributed by atoms with E-state index in [0.29, 0.717) is 5.56 Å². The number of carbonyl (C=O) groups excluding carboxylic acids is 1. The second kappa shape index (κ2) is 4.87. The Kier molecular flexibility index (Phi) is 4.00. The summed E-state index contributed by atoms with van der Waals surface area (Å²) in [5.41, 5.74) is 6.81. The second-order valence-corrected chi connectivity index (χ2v) is 3.32. The summed E-state index contributed by atoms with van der Waals surface area (Å²) >= 11 is 0. The van der Waals surface area contributed by atoms with Crippen molar-refractivity contribution in [1.82, 2.24) is 0 Å². The fourth-order valence-electron chi connectivity index (χ4n) is 1.45. The number of fused-ring (bicyclic) bond motifs is 1. The van der Waals surface area contributed by atoms with Crippen LogP contribution in [0.2, 0.25) is 0 Å². The number of amides is 1. The maximum absolute atomic E-state index is 10.9. The number of aryl methyl sites for hydroxylation is 1. The van der Waals surface area contributed by atoms with E-state index < -0.39 is 5.91 Å². The Morgan fingerprint density at radius 3 is 2.67 bits per heavy atom. The van der Waals surface area contributed by atoms with Crippen molar-refractivity contribution < 1.29 is 37.5 Å². The van der Waals surface area contributed by atoms with Crippen LogP contribution in [-0.4, -0.2) is 5.91 Å². The standard InChI is InChI=1S/C12H10NO.Y/c1-8-2-3-10-7-11(12(13)14)5-4-9(10)6-8;/h3-7H,1H3,(H2,13,14);/q-1;. The summed E-state index contributed by atoms with van der Waals surface area (Å²) in [5, 5.41) is 2.10. The van der Waals surface area contributed by atoms with E-state index in [-0.39, 0.29) is 32.7 Å². The smallest absolute Gasteiger partial charge is 0.247 e. The van der Waals surface area contributed by atoms with E-state index >= 15 is 0 Å². The van der Waals surface area contributed by atoms with Crippen LogP contribution in [0.1, 0.15) is 15.9 Å². The second-order valence-electron chi connectivity index (χ2n) is 3.32. The summed E-state index contributed by atoms with van der Waals surface area (Å²) in [7, 11) is 0. The van der Waals surface area contributed by atoms with Crippen LogP contribution in [-0.2, 0) is 32.7 Å². The predicted octanol–water partition coefficient (Wildman–Crippen LogP) is 2.04. The molecule has 0 heterocycles. The summed E-state index contributed by atoms with van der Waals surface area (Å²) in [5.74, 6) is -0.396. The third kappa shape index (κ3) is 2.64. The minimum Gasteiger partial charge on any atom is -0.366 e. The summed E-state index contributed by atoms with van der Waals surface area (Å²) in [4.78, 5) is 10.9. The van der Waals surface area contributed by atoms with Gasteiger partial charge < -0.3 is 5.73 Å². The maximum atomic E-state index is 10.9. The van der Waals surface area contributed by atoms with Gasteiger partial charge in [0, 0.05) is 38.3 Å². The molecule has 0 aliphatic rings. The molecule has 0 atom stereocenters. The molecular formula is C12H10NOY-. The van der Waals surface area contributed by atoms with Gasteiger partial charge in [0.25, 0.3) is 0 Å². The summed E-state index contributed by atoms with van der Waals surface area (Å²) < 4.78 is 0. The van der Waals surface area contributed by atoms with Gasteiger partial charge in [0.1, 0.15) is 0 Å². The quantitative estimate of drug-likeness (QED) is 0.794. The van der Waals surface area contributed by atoms with Gasteiger partial charge in [-0.25, -0.2) is 0 Å². The molecule has 0 fully saturated rings. The van der Waals surface area contributed by atoms with Crippen molar-refractivity contribution in [3.63, 3.8) is 0 Å². The minimum atomic E-state index is -0.396. The normalized spacial score (nSPS) is 9.67. The molecule has 2 aromatic carbocycles. The van der Waals surface area contributed by atoms with E-state index in [2.05, 4.69) is 6.07 Å². The van der Waals surface area contributed by atoms with Crippen LogP contribution in [0.25, 0.3) is 10.8 Å².